The molecule has 3 rings (SSSR count). The number of carbonyl (C=O) groups is 1. The number of hydrogen-bond acceptors (Lipinski definition) is 3. The minimum atomic E-state index is -0.00598. The first-order valence-electron chi connectivity index (χ1n) is 7.71. The molecule has 2 aromatic rings. The van der Waals surface area contributed by atoms with Gasteiger partial charge in [-0.05, 0) is 40.2 Å². The van der Waals surface area contributed by atoms with E-state index in [-0.39, 0.29) is 12.5 Å². The molecule has 7 heteroatoms. The number of halogens is 2. The molecule has 5 nitrogen and oxygen atoms in total. The number of amides is 1. The van der Waals surface area contributed by atoms with Crippen molar-refractivity contribution in [2.45, 2.75) is 0 Å². The fourth-order valence-corrected chi connectivity index (χ4v) is 3.40. The minimum absolute atomic E-state index is 0.00598. The quantitative estimate of drug-likeness (QED) is 0.777. The number of carbonyl (C=O) groups excluding carboxylic acids is 1. The summed E-state index contributed by atoms with van der Waals surface area (Å²) in [5.41, 5.74) is 0. The zero-order chi connectivity index (χ0) is 16.9. The van der Waals surface area contributed by atoms with Gasteiger partial charge in [0.25, 0.3) is 11.7 Å². The predicted molar refractivity (Wildman–Crippen MR) is 96.4 cm³/mol. The van der Waals surface area contributed by atoms with Crippen LogP contribution in [0.2, 0.25) is 5.02 Å². The predicted octanol–water partition coefficient (Wildman–Crippen LogP) is 2.64. The van der Waals surface area contributed by atoms with E-state index in [1.807, 2.05) is 29.3 Å². The summed E-state index contributed by atoms with van der Waals surface area (Å²) in [4.78, 5) is 19.6. The molecule has 0 saturated carbocycles. The number of nitrogens with one attached hydrogen (secondary N) is 1. The maximum atomic E-state index is 12.3. The van der Waals surface area contributed by atoms with Crippen molar-refractivity contribution in [2.24, 2.45) is 0 Å². The van der Waals surface area contributed by atoms with Crippen LogP contribution in [0, 0.1) is 0 Å². The third-order valence-corrected chi connectivity index (χ3v) is 4.77. The molecular formula is C17H18BrClN3O2+. The number of ether oxygens (including phenoxy) is 1. The van der Waals surface area contributed by atoms with Gasteiger partial charge in [-0.3, -0.25) is 9.69 Å². The van der Waals surface area contributed by atoms with E-state index < -0.39 is 0 Å². The zero-order valence-corrected chi connectivity index (χ0v) is 15.4. The fourth-order valence-electron chi connectivity index (χ4n) is 2.60. The maximum absolute atomic E-state index is 12.3. The number of pyridine rings is 1. The van der Waals surface area contributed by atoms with E-state index in [0.29, 0.717) is 23.9 Å². The largest absolute Gasteiger partial charge is 0.483 e. The van der Waals surface area contributed by atoms with E-state index in [2.05, 4.69) is 25.8 Å². The number of benzene rings is 1. The number of H-pyrrole nitrogens is 1. The number of rotatable bonds is 4. The van der Waals surface area contributed by atoms with Crippen LogP contribution in [0.3, 0.4) is 0 Å². The minimum Gasteiger partial charge on any atom is -0.483 e. The second kappa shape index (κ2) is 7.85. The summed E-state index contributed by atoms with van der Waals surface area (Å²) in [5, 5.41) is 0.620. The van der Waals surface area contributed by atoms with Gasteiger partial charge >= 0.3 is 0 Å². The van der Waals surface area contributed by atoms with Crippen molar-refractivity contribution in [3.63, 3.8) is 0 Å². The third-order valence-electron chi connectivity index (χ3n) is 3.91. The molecule has 0 atom stereocenters. The average molecular weight is 412 g/mol. The molecule has 0 radical (unpaired) electrons. The van der Waals surface area contributed by atoms with Crippen molar-refractivity contribution < 1.29 is 14.5 Å². The highest BCUT2D eigenvalue weighted by molar-refractivity contribution is 9.10. The van der Waals surface area contributed by atoms with Crippen molar-refractivity contribution >= 4 is 39.3 Å². The summed E-state index contributed by atoms with van der Waals surface area (Å²) in [5.74, 6) is 1.68. The van der Waals surface area contributed by atoms with Gasteiger partial charge in [-0.1, -0.05) is 17.7 Å². The molecule has 1 N–H and O–H groups in total. The Bertz CT molecular complexity index is 706. The van der Waals surface area contributed by atoms with Crippen molar-refractivity contribution in [3.05, 3.63) is 52.1 Å². The number of piperazine rings is 1. The lowest BCUT2D eigenvalue weighted by Gasteiger charge is -2.30. The zero-order valence-electron chi connectivity index (χ0n) is 13.0. The first kappa shape index (κ1) is 17.0. The van der Waals surface area contributed by atoms with Gasteiger partial charge in [0.2, 0.25) is 0 Å². The summed E-state index contributed by atoms with van der Waals surface area (Å²) < 4.78 is 6.34. The second-order valence-electron chi connectivity index (χ2n) is 5.48. The van der Waals surface area contributed by atoms with Crippen LogP contribution >= 0.6 is 27.5 Å². The highest BCUT2D eigenvalue weighted by Crippen LogP contribution is 2.28. The molecular weight excluding hydrogens is 394 g/mol. The van der Waals surface area contributed by atoms with Gasteiger partial charge in [-0.25, -0.2) is 4.98 Å². The number of aromatic amines is 1. The Labute approximate surface area is 154 Å². The van der Waals surface area contributed by atoms with Crippen molar-refractivity contribution in [3.8, 4) is 5.75 Å². The standard InChI is InChI=1S/C17H17BrClN3O2/c18-14-11-13(19)4-5-15(14)24-12-17(23)22-9-7-21(8-10-22)16-3-1-2-6-20-16/h1-6,11H,7-10,12H2/p+1. The molecule has 1 saturated heterocycles. The van der Waals surface area contributed by atoms with Crippen LogP contribution < -0.4 is 14.6 Å². The maximum Gasteiger partial charge on any atom is 0.274 e. The molecule has 24 heavy (non-hydrogen) atoms. The Balaban J connectivity index is 1.50. The number of aromatic nitrogens is 1. The lowest BCUT2D eigenvalue weighted by Crippen LogP contribution is -2.51. The molecule has 1 aromatic carbocycles. The van der Waals surface area contributed by atoms with Crippen LogP contribution in [0.4, 0.5) is 5.82 Å². The fraction of sp³-hybridized carbons (Fsp3) is 0.294. The van der Waals surface area contributed by atoms with Crippen LogP contribution in [0.15, 0.2) is 47.1 Å². The first-order valence-corrected chi connectivity index (χ1v) is 8.88. The second-order valence-corrected chi connectivity index (χ2v) is 6.77. The molecule has 1 fully saturated rings. The highest BCUT2D eigenvalue weighted by atomic mass is 79.9. The Morgan fingerprint density at radius 1 is 1.21 bits per heavy atom. The van der Waals surface area contributed by atoms with E-state index in [1.165, 1.54) is 0 Å². The van der Waals surface area contributed by atoms with E-state index in [4.69, 9.17) is 16.3 Å². The normalized spacial score (nSPS) is 14.6. The van der Waals surface area contributed by atoms with Gasteiger partial charge in [0.15, 0.2) is 6.61 Å². The Morgan fingerprint density at radius 2 is 2.00 bits per heavy atom. The monoisotopic (exact) mass is 410 g/mol. The Morgan fingerprint density at radius 3 is 2.67 bits per heavy atom. The Hall–Kier alpha value is -1.79. The van der Waals surface area contributed by atoms with Gasteiger partial charge in [0.05, 0.1) is 23.8 Å². The van der Waals surface area contributed by atoms with Crippen LogP contribution in [-0.2, 0) is 4.79 Å². The smallest absolute Gasteiger partial charge is 0.274 e. The summed E-state index contributed by atoms with van der Waals surface area (Å²) in [6.45, 7) is 3.00. The van der Waals surface area contributed by atoms with Crippen molar-refractivity contribution in [1.29, 1.82) is 0 Å². The Kier molecular flexibility index (Phi) is 5.58. The number of anilines is 1. The lowest BCUT2D eigenvalue weighted by atomic mass is 10.3. The van der Waals surface area contributed by atoms with Crippen molar-refractivity contribution in [1.82, 2.24) is 4.90 Å². The van der Waals surface area contributed by atoms with Gasteiger partial charge in [-0.15, -0.1) is 0 Å². The summed E-state index contributed by atoms with van der Waals surface area (Å²) in [6, 6.07) is 11.2. The number of nitrogens with zero attached hydrogens (tertiary/aromatic N) is 2. The van der Waals surface area contributed by atoms with Gasteiger partial charge in [0.1, 0.15) is 18.8 Å². The summed E-state index contributed by atoms with van der Waals surface area (Å²) in [7, 11) is 0. The van der Waals surface area contributed by atoms with E-state index in [1.54, 1.807) is 18.2 Å². The van der Waals surface area contributed by atoms with Crippen molar-refractivity contribution in [2.75, 3.05) is 37.7 Å². The van der Waals surface area contributed by atoms with Gasteiger partial charge in [0, 0.05) is 11.1 Å². The molecule has 0 unspecified atom stereocenters. The van der Waals surface area contributed by atoms with Crippen LogP contribution in [0.25, 0.3) is 0 Å². The highest BCUT2D eigenvalue weighted by Gasteiger charge is 2.26. The van der Waals surface area contributed by atoms with Gasteiger partial charge in [-0.2, -0.15) is 0 Å². The van der Waals surface area contributed by atoms with E-state index in [9.17, 15) is 4.79 Å². The molecule has 1 amide bonds. The molecule has 126 valence electrons. The molecule has 0 aliphatic carbocycles. The average Bonchev–Trinajstić information content (AvgIpc) is 2.62. The van der Waals surface area contributed by atoms with Crippen LogP contribution in [0.5, 0.6) is 5.75 Å². The number of hydrogen-bond donors (Lipinski definition) is 0. The van der Waals surface area contributed by atoms with Gasteiger partial charge < -0.3 is 9.64 Å². The van der Waals surface area contributed by atoms with Crippen LogP contribution in [0.1, 0.15) is 0 Å². The van der Waals surface area contributed by atoms with Crippen LogP contribution in [-0.4, -0.2) is 43.6 Å². The summed E-state index contributed by atoms with van der Waals surface area (Å²) >= 11 is 9.28. The topological polar surface area (TPSA) is 46.9 Å². The molecule has 1 aliphatic heterocycles. The molecule has 2 heterocycles. The first-order chi connectivity index (χ1) is 11.6. The molecule has 0 spiro atoms. The lowest BCUT2D eigenvalue weighted by molar-refractivity contribution is -0.364. The van der Waals surface area contributed by atoms with E-state index in [0.717, 1.165) is 23.4 Å². The molecule has 1 aromatic heterocycles. The van der Waals surface area contributed by atoms with E-state index >= 15 is 0 Å². The third kappa shape index (κ3) is 4.19. The molecule has 0 bridgehead atoms. The molecule has 1 aliphatic rings. The SMILES string of the molecule is O=C(COc1ccc(Cl)cc1Br)N1CCN(c2cccc[nH+]2)CC1. The summed E-state index contributed by atoms with van der Waals surface area (Å²) in [6.07, 6.45) is 1.91.